The molecule has 0 aromatic heterocycles. The van der Waals surface area contributed by atoms with E-state index in [4.69, 9.17) is 19.3 Å². The smallest absolute Gasteiger partial charge is 0.349 e. The van der Waals surface area contributed by atoms with Crippen molar-refractivity contribution in [1.29, 1.82) is 0 Å². The highest BCUT2D eigenvalue weighted by atomic mass is 16.7. The van der Waals surface area contributed by atoms with E-state index in [1.165, 1.54) is 13.2 Å². The van der Waals surface area contributed by atoms with Crippen molar-refractivity contribution in [3.8, 4) is 11.5 Å². The van der Waals surface area contributed by atoms with E-state index in [9.17, 15) is 9.59 Å². The molecular formula is C14H14O6. The molecule has 0 spiro atoms. The summed E-state index contributed by atoms with van der Waals surface area (Å²) in [4.78, 5) is 22.7. The lowest BCUT2D eigenvalue weighted by atomic mass is 10.0. The summed E-state index contributed by atoms with van der Waals surface area (Å²) < 4.78 is 15.9. The van der Waals surface area contributed by atoms with Gasteiger partial charge in [0.05, 0.1) is 7.11 Å². The molecule has 0 fully saturated rings. The Balaban J connectivity index is 2.60. The van der Waals surface area contributed by atoms with Gasteiger partial charge in [0, 0.05) is 25.5 Å². The Morgan fingerprint density at radius 3 is 2.65 bits per heavy atom. The molecule has 1 aliphatic heterocycles. The monoisotopic (exact) mass is 278 g/mol. The first kappa shape index (κ1) is 13.9. The highest BCUT2D eigenvalue weighted by molar-refractivity contribution is 5.98. The molecule has 0 saturated carbocycles. The predicted octanol–water partition coefficient (Wildman–Crippen LogP) is 2.08. The number of cyclic esters (lactones) is 1. The molecule has 0 aliphatic carbocycles. The summed E-state index contributed by atoms with van der Waals surface area (Å²) >= 11 is 0. The predicted molar refractivity (Wildman–Crippen MR) is 69.8 cm³/mol. The van der Waals surface area contributed by atoms with Gasteiger partial charge in [0.15, 0.2) is 0 Å². The van der Waals surface area contributed by atoms with Crippen LogP contribution in [0.4, 0.5) is 0 Å². The lowest BCUT2D eigenvalue weighted by molar-refractivity contribution is -0.131. The summed E-state index contributed by atoms with van der Waals surface area (Å²) in [5.41, 5.74) is 0.618. The fourth-order valence-electron chi connectivity index (χ4n) is 1.89. The second kappa shape index (κ2) is 4.88. The van der Waals surface area contributed by atoms with Gasteiger partial charge in [-0.3, -0.25) is 0 Å². The van der Waals surface area contributed by atoms with E-state index < -0.39 is 17.7 Å². The minimum absolute atomic E-state index is 0.152. The van der Waals surface area contributed by atoms with Crippen molar-refractivity contribution in [2.24, 2.45) is 0 Å². The van der Waals surface area contributed by atoms with Crippen LogP contribution in [0.15, 0.2) is 18.2 Å². The molecule has 6 nitrogen and oxygen atoms in total. The third kappa shape index (κ3) is 2.59. The number of methoxy groups -OCH3 is 1. The highest BCUT2D eigenvalue weighted by Crippen LogP contribution is 2.40. The molecule has 1 aromatic rings. The summed E-state index contributed by atoms with van der Waals surface area (Å²) in [5, 5.41) is 8.69. The Kier molecular flexibility index (Phi) is 3.40. The van der Waals surface area contributed by atoms with Crippen LogP contribution < -0.4 is 9.47 Å². The lowest BCUT2D eigenvalue weighted by Gasteiger charge is -2.33. The lowest BCUT2D eigenvalue weighted by Crippen LogP contribution is -2.39. The molecule has 1 N–H and O–H groups in total. The van der Waals surface area contributed by atoms with Gasteiger partial charge < -0.3 is 19.3 Å². The SMILES string of the molecule is COc1ccc(/C=C/C(=O)O)c2c1C(=O)OC(C)(C)O2. The molecule has 1 aliphatic rings. The maximum atomic E-state index is 12.0. The fraction of sp³-hybridized carbons (Fsp3) is 0.286. The number of hydrogen-bond donors (Lipinski definition) is 1. The Bertz CT molecular complexity index is 600. The second-order valence-electron chi connectivity index (χ2n) is 4.62. The molecule has 0 unspecified atom stereocenters. The van der Waals surface area contributed by atoms with Crippen LogP contribution in [0.1, 0.15) is 29.8 Å². The molecule has 0 radical (unpaired) electrons. The van der Waals surface area contributed by atoms with Gasteiger partial charge in [-0.25, -0.2) is 9.59 Å². The highest BCUT2D eigenvalue weighted by Gasteiger charge is 2.37. The normalized spacial score (nSPS) is 16.2. The van der Waals surface area contributed by atoms with Gasteiger partial charge in [-0.2, -0.15) is 0 Å². The molecule has 106 valence electrons. The summed E-state index contributed by atoms with van der Waals surface area (Å²) in [6.07, 6.45) is 2.33. The molecule has 1 heterocycles. The number of aliphatic carboxylic acids is 1. The Morgan fingerprint density at radius 2 is 2.05 bits per heavy atom. The molecule has 0 amide bonds. The van der Waals surface area contributed by atoms with Crippen molar-refractivity contribution >= 4 is 18.0 Å². The van der Waals surface area contributed by atoms with Gasteiger partial charge in [0.25, 0.3) is 0 Å². The minimum Gasteiger partial charge on any atom is -0.496 e. The third-order valence-electron chi connectivity index (χ3n) is 2.67. The van der Waals surface area contributed by atoms with E-state index in [2.05, 4.69) is 0 Å². The van der Waals surface area contributed by atoms with Gasteiger partial charge in [0.1, 0.15) is 17.1 Å². The fourth-order valence-corrected chi connectivity index (χ4v) is 1.89. The number of hydrogen-bond acceptors (Lipinski definition) is 5. The minimum atomic E-state index is -1.12. The first-order valence-corrected chi connectivity index (χ1v) is 5.88. The molecule has 0 saturated heterocycles. The van der Waals surface area contributed by atoms with Gasteiger partial charge in [-0.15, -0.1) is 0 Å². The van der Waals surface area contributed by atoms with Crippen LogP contribution in [-0.4, -0.2) is 29.9 Å². The largest absolute Gasteiger partial charge is 0.496 e. The molecule has 6 heteroatoms. The van der Waals surface area contributed by atoms with Crippen LogP contribution in [0.5, 0.6) is 11.5 Å². The standard InChI is InChI=1S/C14H14O6/c1-14(2)19-12-8(5-7-10(15)16)4-6-9(18-3)11(12)13(17)20-14/h4-7H,1-3H3,(H,15,16)/b7-5+. The number of carbonyl (C=O) groups excluding carboxylic acids is 1. The zero-order valence-electron chi connectivity index (χ0n) is 11.3. The topological polar surface area (TPSA) is 82.1 Å². The Labute approximate surface area is 115 Å². The number of esters is 1. The maximum Gasteiger partial charge on any atom is 0.349 e. The van der Waals surface area contributed by atoms with Gasteiger partial charge >= 0.3 is 11.9 Å². The number of benzene rings is 1. The summed E-state index contributed by atoms with van der Waals surface area (Å²) in [5.74, 6) is -2.22. The van der Waals surface area contributed by atoms with Crippen molar-refractivity contribution in [1.82, 2.24) is 0 Å². The Hall–Kier alpha value is -2.50. The van der Waals surface area contributed by atoms with Crippen LogP contribution >= 0.6 is 0 Å². The molecule has 2 rings (SSSR count). The zero-order valence-corrected chi connectivity index (χ0v) is 11.3. The molecular weight excluding hydrogens is 264 g/mol. The second-order valence-corrected chi connectivity index (χ2v) is 4.62. The summed E-state index contributed by atoms with van der Waals surface area (Å²) in [6, 6.07) is 3.18. The van der Waals surface area contributed by atoms with Crippen LogP contribution in [-0.2, 0) is 9.53 Å². The van der Waals surface area contributed by atoms with Crippen molar-refractivity contribution in [2.75, 3.05) is 7.11 Å². The van der Waals surface area contributed by atoms with Gasteiger partial charge in [-0.05, 0) is 18.2 Å². The van der Waals surface area contributed by atoms with Crippen molar-refractivity contribution < 1.29 is 28.9 Å². The first-order chi connectivity index (χ1) is 9.34. The van der Waals surface area contributed by atoms with Gasteiger partial charge in [0.2, 0.25) is 5.79 Å². The van der Waals surface area contributed by atoms with Crippen molar-refractivity contribution in [2.45, 2.75) is 19.6 Å². The van der Waals surface area contributed by atoms with Crippen LogP contribution in [0, 0.1) is 0 Å². The molecule has 0 bridgehead atoms. The van der Waals surface area contributed by atoms with Crippen LogP contribution in [0.3, 0.4) is 0 Å². The number of rotatable bonds is 3. The van der Waals surface area contributed by atoms with Crippen LogP contribution in [0.2, 0.25) is 0 Å². The van der Waals surface area contributed by atoms with E-state index in [1.807, 2.05) is 0 Å². The van der Waals surface area contributed by atoms with Gasteiger partial charge in [-0.1, -0.05) is 0 Å². The number of carboxylic acids is 1. The average molecular weight is 278 g/mol. The molecule has 1 aromatic carbocycles. The van der Waals surface area contributed by atoms with E-state index in [0.29, 0.717) is 11.3 Å². The third-order valence-corrected chi connectivity index (χ3v) is 2.67. The van der Waals surface area contributed by atoms with E-state index >= 15 is 0 Å². The number of carbonyl (C=O) groups is 2. The van der Waals surface area contributed by atoms with Crippen molar-refractivity contribution in [3.05, 3.63) is 29.3 Å². The van der Waals surface area contributed by atoms with E-state index in [-0.39, 0.29) is 11.3 Å². The molecule has 20 heavy (non-hydrogen) atoms. The average Bonchev–Trinajstić information content (AvgIpc) is 2.34. The summed E-state index contributed by atoms with van der Waals surface area (Å²) in [7, 11) is 1.43. The van der Waals surface area contributed by atoms with Crippen LogP contribution in [0.25, 0.3) is 6.08 Å². The quantitative estimate of drug-likeness (QED) is 0.673. The number of fused-ring (bicyclic) bond motifs is 1. The zero-order chi connectivity index (χ0) is 14.9. The number of carboxylic acid groups (broad SMARTS) is 1. The first-order valence-electron chi connectivity index (χ1n) is 5.88. The van der Waals surface area contributed by atoms with E-state index in [1.54, 1.807) is 26.0 Å². The Morgan fingerprint density at radius 1 is 1.35 bits per heavy atom. The maximum absolute atomic E-state index is 12.0. The number of ether oxygens (including phenoxy) is 3. The summed E-state index contributed by atoms with van der Waals surface area (Å²) in [6.45, 7) is 3.19. The molecule has 0 atom stereocenters. The van der Waals surface area contributed by atoms with E-state index in [0.717, 1.165) is 6.08 Å². The van der Waals surface area contributed by atoms with Crippen molar-refractivity contribution in [3.63, 3.8) is 0 Å².